The molecule has 1 aromatic heterocycles. The summed E-state index contributed by atoms with van der Waals surface area (Å²) in [5.41, 5.74) is 0.517. The first kappa shape index (κ1) is 20.3. The van der Waals surface area contributed by atoms with Crippen LogP contribution >= 0.6 is 11.8 Å². The number of carbonyl (C=O) groups excluding carboxylic acids is 2. The van der Waals surface area contributed by atoms with Crippen LogP contribution in [-0.4, -0.2) is 57.5 Å². The van der Waals surface area contributed by atoms with Crippen LogP contribution in [0.1, 0.15) is 30.9 Å². The minimum absolute atomic E-state index is 0.106. The predicted octanol–water partition coefficient (Wildman–Crippen LogP) is 2.59. The van der Waals surface area contributed by atoms with Crippen molar-refractivity contribution < 1.29 is 18.5 Å². The molecular formula is C19H23FN4O3S. The van der Waals surface area contributed by atoms with E-state index in [-0.39, 0.29) is 35.4 Å². The van der Waals surface area contributed by atoms with Crippen molar-refractivity contribution in [3.63, 3.8) is 0 Å². The highest BCUT2D eigenvalue weighted by Gasteiger charge is 2.39. The van der Waals surface area contributed by atoms with Gasteiger partial charge in [-0.2, -0.15) is 16.7 Å². The Morgan fingerprint density at radius 3 is 2.75 bits per heavy atom. The lowest BCUT2D eigenvalue weighted by atomic mass is 9.98. The highest BCUT2D eigenvalue weighted by atomic mass is 32.2. The van der Waals surface area contributed by atoms with Crippen molar-refractivity contribution >= 4 is 23.6 Å². The maximum absolute atomic E-state index is 13.1. The Morgan fingerprint density at radius 1 is 1.39 bits per heavy atom. The Labute approximate surface area is 167 Å². The fourth-order valence-electron chi connectivity index (χ4n) is 3.20. The van der Waals surface area contributed by atoms with E-state index in [0.717, 1.165) is 0 Å². The second-order valence-electron chi connectivity index (χ2n) is 7.19. The average Bonchev–Trinajstić information content (AvgIpc) is 3.14. The van der Waals surface area contributed by atoms with E-state index < -0.39 is 11.9 Å². The molecule has 0 saturated carbocycles. The zero-order chi connectivity index (χ0) is 20.3. The number of benzene rings is 1. The first-order valence-electron chi connectivity index (χ1n) is 9.09. The van der Waals surface area contributed by atoms with Crippen LogP contribution in [0.25, 0.3) is 11.5 Å². The van der Waals surface area contributed by atoms with Gasteiger partial charge in [0, 0.05) is 17.9 Å². The molecular weight excluding hydrogens is 383 g/mol. The van der Waals surface area contributed by atoms with Crippen molar-refractivity contribution in [1.82, 2.24) is 20.4 Å². The van der Waals surface area contributed by atoms with Gasteiger partial charge in [0.15, 0.2) is 0 Å². The van der Waals surface area contributed by atoms with Gasteiger partial charge in [-0.15, -0.1) is 0 Å². The van der Waals surface area contributed by atoms with Crippen molar-refractivity contribution in [2.24, 2.45) is 5.92 Å². The smallest absolute Gasteiger partial charge is 0.296 e. The molecule has 2 atom stereocenters. The van der Waals surface area contributed by atoms with Crippen molar-refractivity contribution in [3.05, 3.63) is 35.9 Å². The molecule has 1 aliphatic rings. The minimum Gasteiger partial charge on any atom is -0.349 e. The monoisotopic (exact) mass is 406 g/mol. The van der Waals surface area contributed by atoms with Gasteiger partial charge in [0.1, 0.15) is 11.9 Å². The maximum Gasteiger partial charge on any atom is 0.296 e. The number of hydrogen-bond donors (Lipinski definition) is 1. The molecule has 28 heavy (non-hydrogen) atoms. The molecule has 1 fully saturated rings. The Bertz CT molecular complexity index is 840. The fourth-order valence-corrected chi connectivity index (χ4v) is 3.79. The number of nitrogens with zero attached hydrogens (tertiary/aromatic N) is 3. The van der Waals surface area contributed by atoms with Crippen molar-refractivity contribution in [2.45, 2.75) is 32.4 Å². The normalized spacial score (nSPS) is 19.8. The molecule has 0 spiro atoms. The lowest BCUT2D eigenvalue weighted by Gasteiger charge is -2.39. The van der Waals surface area contributed by atoms with Gasteiger partial charge in [-0.05, 0) is 42.9 Å². The molecule has 2 aromatic rings. The number of aromatic nitrogens is 2. The van der Waals surface area contributed by atoms with E-state index in [1.807, 2.05) is 20.1 Å². The van der Waals surface area contributed by atoms with Crippen molar-refractivity contribution in [2.75, 3.05) is 18.6 Å². The third kappa shape index (κ3) is 4.52. The molecule has 0 radical (unpaired) electrons. The number of thioether (sulfide) groups is 1. The van der Waals surface area contributed by atoms with Crippen LogP contribution in [0.3, 0.4) is 0 Å². The summed E-state index contributed by atoms with van der Waals surface area (Å²) in [6.07, 6.45) is 2.50. The number of halogens is 1. The van der Waals surface area contributed by atoms with E-state index in [0.29, 0.717) is 24.3 Å². The molecule has 0 aliphatic carbocycles. The van der Waals surface area contributed by atoms with Gasteiger partial charge in [-0.25, -0.2) is 4.39 Å². The first-order valence-corrected chi connectivity index (χ1v) is 10.5. The van der Waals surface area contributed by atoms with Crippen LogP contribution in [0.2, 0.25) is 0 Å². The Balaban J connectivity index is 1.84. The summed E-state index contributed by atoms with van der Waals surface area (Å²) in [6.45, 7) is 4.40. The topological polar surface area (TPSA) is 88.3 Å². The first-order chi connectivity index (χ1) is 13.4. The summed E-state index contributed by atoms with van der Waals surface area (Å²) in [5, 5.41) is 6.78. The van der Waals surface area contributed by atoms with E-state index in [1.54, 1.807) is 16.7 Å². The molecule has 2 amide bonds. The number of amides is 2. The molecule has 2 heterocycles. The number of carbonyl (C=O) groups is 2. The molecule has 1 aliphatic heterocycles. The molecule has 7 nitrogen and oxygen atoms in total. The SMILES string of the molecule is CSCC1CN(C(=O)c2noc(-c3ccc(F)cc3)n2)C(CC(C)C)C(=O)N1. The zero-order valence-electron chi connectivity index (χ0n) is 16.0. The molecule has 2 unspecified atom stereocenters. The van der Waals surface area contributed by atoms with Gasteiger partial charge in [-0.1, -0.05) is 19.0 Å². The number of rotatable bonds is 6. The number of nitrogens with one attached hydrogen (secondary N) is 1. The van der Waals surface area contributed by atoms with Crippen LogP contribution in [0.4, 0.5) is 4.39 Å². The van der Waals surface area contributed by atoms with Crippen LogP contribution in [0.15, 0.2) is 28.8 Å². The Morgan fingerprint density at radius 2 is 2.11 bits per heavy atom. The molecule has 1 saturated heterocycles. The summed E-state index contributed by atoms with van der Waals surface area (Å²) in [7, 11) is 0. The molecule has 1 aromatic carbocycles. The summed E-state index contributed by atoms with van der Waals surface area (Å²) in [6, 6.07) is 4.86. The second-order valence-corrected chi connectivity index (χ2v) is 8.10. The van der Waals surface area contributed by atoms with Crippen LogP contribution in [0, 0.1) is 11.7 Å². The van der Waals surface area contributed by atoms with Crippen molar-refractivity contribution in [1.29, 1.82) is 0 Å². The third-order valence-corrected chi connectivity index (χ3v) is 5.21. The molecule has 9 heteroatoms. The number of hydrogen-bond acceptors (Lipinski definition) is 6. The van der Waals surface area contributed by atoms with E-state index in [2.05, 4.69) is 15.5 Å². The van der Waals surface area contributed by atoms with Crippen LogP contribution in [0.5, 0.6) is 0 Å². The van der Waals surface area contributed by atoms with E-state index >= 15 is 0 Å². The lowest BCUT2D eigenvalue weighted by molar-refractivity contribution is -0.129. The van der Waals surface area contributed by atoms with Gasteiger partial charge in [-0.3, -0.25) is 9.59 Å². The van der Waals surface area contributed by atoms with Gasteiger partial charge in [0.05, 0.1) is 6.04 Å². The molecule has 0 bridgehead atoms. The average molecular weight is 406 g/mol. The van der Waals surface area contributed by atoms with E-state index in [4.69, 9.17) is 4.52 Å². The van der Waals surface area contributed by atoms with Gasteiger partial charge >= 0.3 is 0 Å². The van der Waals surface area contributed by atoms with Crippen LogP contribution in [-0.2, 0) is 4.79 Å². The van der Waals surface area contributed by atoms with E-state index in [1.165, 1.54) is 24.3 Å². The van der Waals surface area contributed by atoms with Crippen LogP contribution < -0.4 is 5.32 Å². The third-order valence-electron chi connectivity index (χ3n) is 4.47. The summed E-state index contributed by atoms with van der Waals surface area (Å²) in [5.74, 6) is -0.00915. The largest absolute Gasteiger partial charge is 0.349 e. The molecule has 150 valence electrons. The quantitative estimate of drug-likeness (QED) is 0.793. The second kappa shape index (κ2) is 8.72. The fraction of sp³-hybridized carbons (Fsp3) is 0.474. The molecule has 3 rings (SSSR count). The Kier molecular flexibility index (Phi) is 6.33. The summed E-state index contributed by atoms with van der Waals surface area (Å²) in [4.78, 5) is 31.4. The molecule has 1 N–H and O–H groups in total. The zero-order valence-corrected chi connectivity index (χ0v) is 16.8. The Hall–Kier alpha value is -2.42. The van der Waals surface area contributed by atoms with E-state index in [9.17, 15) is 14.0 Å². The predicted molar refractivity (Wildman–Crippen MR) is 104 cm³/mol. The van der Waals surface area contributed by atoms with Gasteiger partial charge in [0.25, 0.3) is 17.6 Å². The summed E-state index contributed by atoms with van der Waals surface area (Å²) >= 11 is 1.60. The lowest BCUT2D eigenvalue weighted by Crippen LogP contribution is -2.62. The highest BCUT2D eigenvalue weighted by molar-refractivity contribution is 7.98. The standard InChI is InChI=1S/C19H23FN4O3S/c1-11(2)8-15-17(25)21-14(10-28-3)9-24(15)19(26)16-22-18(27-23-16)12-4-6-13(20)7-5-12/h4-7,11,14-15H,8-10H2,1-3H3,(H,21,25). The van der Waals surface area contributed by atoms with Gasteiger partial charge in [0.2, 0.25) is 5.91 Å². The van der Waals surface area contributed by atoms with Gasteiger partial charge < -0.3 is 14.7 Å². The summed E-state index contributed by atoms with van der Waals surface area (Å²) < 4.78 is 18.3. The van der Waals surface area contributed by atoms with Crippen molar-refractivity contribution in [3.8, 4) is 11.5 Å². The minimum atomic E-state index is -0.571. The highest BCUT2D eigenvalue weighted by Crippen LogP contribution is 2.22. The maximum atomic E-state index is 13.1. The number of piperazine rings is 1.